The molecule has 0 bridgehead atoms. The van der Waals surface area contributed by atoms with Crippen molar-refractivity contribution in [1.29, 1.82) is 0 Å². The van der Waals surface area contributed by atoms with Gasteiger partial charge in [-0.3, -0.25) is 9.59 Å². The van der Waals surface area contributed by atoms with Gasteiger partial charge in [0.15, 0.2) is 0 Å². The molecule has 0 atom stereocenters. The number of nitrogens with two attached hydrogens (primary N) is 1. The number of aromatic nitrogens is 1. The summed E-state index contributed by atoms with van der Waals surface area (Å²) in [7, 11) is 1.31. The molecule has 0 aliphatic carbocycles. The lowest BCUT2D eigenvalue weighted by atomic mass is 10.3. The first-order valence-electron chi connectivity index (χ1n) is 5.12. The lowest BCUT2D eigenvalue weighted by molar-refractivity contribution is -0.140. The Morgan fingerprint density at radius 3 is 2.94 bits per heavy atom. The number of hydrogen-bond acceptors (Lipinski definition) is 6. The van der Waals surface area contributed by atoms with Crippen LogP contribution in [0.4, 0.5) is 0 Å². The van der Waals surface area contributed by atoms with Gasteiger partial charge in [-0.2, -0.15) is 0 Å². The first kappa shape index (κ1) is 13.6. The second-order valence-electron chi connectivity index (χ2n) is 3.29. The molecular formula is C10H15N3O3S. The summed E-state index contributed by atoms with van der Waals surface area (Å²) in [4.78, 5) is 26.4. The van der Waals surface area contributed by atoms with Gasteiger partial charge in [0.25, 0.3) is 0 Å². The van der Waals surface area contributed by atoms with Gasteiger partial charge in [-0.1, -0.05) is 0 Å². The minimum absolute atomic E-state index is 0.164. The average molecular weight is 257 g/mol. The first-order chi connectivity index (χ1) is 8.15. The molecule has 6 nitrogen and oxygen atoms in total. The fraction of sp³-hybridized carbons (Fsp3) is 0.500. The van der Waals surface area contributed by atoms with Crippen molar-refractivity contribution in [3.05, 3.63) is 16.1 Å². The Kier molecular flexibility index (Phi) is 5.58. The first-order valence-corrected chi connectivity index (χ1v) is 6.00. The van der Waals surface area contributed by atoms with Gasteiger partial charge in [0.2, 0.25) is 5.91 Å². The number of carbonyl (C=O) groups is 2. The maximum absolute atomic E-state index is 11.5. The Balaban J connectivity index is 2.27. The van der Waals surface area contributed by atoms with Crippen LogP contribution in [0.15, 0.2) is 5.38 Å². The Hall–Kier alpha value is -1.47. The third-order valence-corrected chi connectivity index (χ3v) is 2.91. The molecule has 1 heterocycles. The van der Waals surface area contributed by atoms with Crippen LogP contribution in [0.2, 0.25) is 0 Å². The Morgan fingerprint density at radius 1 is 1.59 bits per heavy atom. The van der Waals surface area contributed by atoms with Crippen molar-refractivity contribution < 1.29 is 14.3 Å². The summed E-state index contributed by atoms with van der Waals surface area (Å²) in [6.07, 6.45) is 0.380. The monoisotopic (exact) mass is 257 g/mol. The molecule has 0 saturated heterocycles. The van der Waals surface area contributed by atoms with Gasteiger partial charge in [0.05, 0.1) is 25.6 Å². The molecule has 7 heteroatoms. The van der Waals surface area contributed by atoms with E-state index in [9.17, 15) is 9.59 Å². The van der Waals surface area contributed by atoms with E-state index in [0.29, 0.717) is 12.2 Å². The van der Waals surface area contributed by atoms with Crippen LogP contribution >= 0.6 is 11.3 Å². The zero-order valence-electron chi connectivity index (χ0n) is 9.56. The summed E-state index contributed by atoms with van der Waals surface area (Å²) in [5.41, 5.74) is 6.12. The number of nitrogens with zero attached hydrogens (tertiary/aromatic N) is 1. The maximum Gasteiger partial charge on any atom is 0.307 e. The highest BCUT2D eigenvalue weighted by Crippen LogP contribution is 2.09. The van der Waals surface area contributed by atoms with Gasteiger partial charge in [-0.15, -0.1) is 11.3 Å². The standard InChI is InChI=1S/C10H15N3O3S/c1-16-10(15)2-3-12-8(14)4-7-6-17-9(5-11)13-7/h6H,2-5,11H2,1H3,(H,12,14). The Morgan fingerprint density at radius 2 is 2.35 bits per heavy atom. The van der Waals surface area contributed by atoms with Crippen LogP contribution < -0.4 is 11.1 Å². The number of carbonyl (C=O) groups excluding carboxylic acids is 2. The molecule has 1 amide bonds. The van der Waals surface area contributed by atoms with Gasteiger partial charge in [0.1, 0.15) is 5.01 Å². The molecule has 0 aliphatic heterocycles. The molecule has 0 fully saturated rings. The zero-order chi connectivity index (χ0) is 12.7. The van der Waals surface area contributed by atoms with E-state index in [-0.39, 0.29) is 31.3 Å². The van der Waals surface area contributed by atoms with E-state index >= 15 is 0 Å². The van der Waals surface area contributed by atoms with Crippen LogP contribution in [0.1, 0.15) is 17.1 Å². The summed E-state index contributed by atoms with van der Waals surface area (Å²) in [6, 6.07) is 0. The van der Waals surface area contributed by atoms with Gasteiger partial charge in [-0.25, -0.2) is 4.98 Å². The number of amides is 1. The molecular weight excluding hydrogens is 242 g/mol. The molecule has 1 aromatic rings. The van der Waals surface area contributed by atoms with E-state index in [4.69, 9.17) is 5.73 Å². The maximum atomic E-state index is 11.5. The van der Waals surface area contributed by atoms with Crippen LogP contribution in [-0.2, 0) is 27.3 Å². The molecule has 0 spiro atoms. The molecule has 94 valence electrons. The van der Waals surface area contributed by atoms with Crippen LogP contribution in [0.5, 0.6) is 0 Å². The van der Waals surface area contributed by atoms with Crippen LogP contribution in [0.3, 0.4) is 0 Å². The predicted molar refractivity (Wildman–Crippen MR) is 63.4 cm³/mol. The van der Waals surface area contributed by atoms with E-state index in [0.717, 1.165) is 5.01 Å². The largest absolute Gasteiger partial charge is 0.469 e. The fourth-order valence-electron chi connectivity index (χ4n) is 1.16. The molecule has 1 rings (SSSR count). The van der Waals surface area contributed by atoms with Crippen molar-refractivity contribution >= 4 is 23.2 Å². The minimum atomic E-state index is -0.343. The molecule has 1 aromatic heterocycles. The number of ether oxygens (including phenoxy) is 1. The average Bonchev–Trinajstić information content (AvgIpc) is 2.76. The van der Waals surface area contributed by atoms with E-state index in [1.54, 1.807) is 0 Å². The lowest BCUT2D eigenvalue weighted by Crippen LogP contribution is -2.27. The molecule has 3 N–H and O–H groups in total. The second-order valence-corrected chi connectivity index (χ2v) is 4.23. The fourth-order valence-corrected chi connectivity index (χ4v) is 1.83. The highest BCUT2D eigenvalue weighted by Gasteiger charge is 2.07. The number of esters is 1. The van der Waals surface area contributed by atoms with E-state index in [2.05, 4.69) is 15.0 Å². The van der Waals surface area contributed by atoms with Crippen molar-refractivity contribution in [2.75, 3.05) is 13.7 Å². The van der Waals surface area contributed by atoms with Crippen LogP contribution in [0.25, 0.3) is 0 Å². The van der Waals surface area contributed by atoms with Crippen molar-refractivity contribution in [3.63, 3.8) is 0 Å². The van der Waals surface area contributed by atoms with Crippen molar-refractivity contribution in [3.8, 4) is 0 Å². The second kappa shape index (κ2) is 6.97. The Labute approximate surface area is 103 Å². The van der Waals surface area contributed by atoms with E-state index < -0.39 is 0 Å². The summed E-state index contributed by atoms with van der Waals surface area (Å²) in [6.45, 7) is 0.661. The van der Waals surface area contributed by atoms with Gasteiger partial charge in [0, 0.05) is 18.5 Å². The predicted octanol–water partition coefficient (Wildman–Crippen LogP) is -0.176. The van der Waals surface area contributed by atoms with Crippen molar-refractivity contribution in [1.82, 2.24) is 10.3 Å². The number of hydrogen-bond donors (Lipinski definition) is 2. The van der Waals surface area contributed by atoms with E-state index in [1.165, 1.54) is 18.4 Å². The number of rotatable bonds is 6. The summed E-state index contributed by atoms with van der Waals surface area (Å²) in [5.74, 6) is -0.507. The topological polar surface area (TPSA) is 94.3 Å². The highest BCUT2D eigenvalue weighted by atomic mass is 32.1. The quantitative estimate of drug-likeness (QED) is 0.690. The highest BCUT2D eigenvalue weighted by molar-refractivity contribution is 7.09. The number of nitrogens with one attached hydrogen (secondary N) is 1. The number of methoxy groups -OCH3 is 1. The molecule has 0 unspecified atom stereocenters. The summed E-state index contributed by atoms with van der Waals surface area (Å²) in [5, 5.41) is 5.23. The molecule has 0 aliphatic rings. The molecule has 17 heavy (non-hydrogen) atoms. The smallest absolute Gasteiger partial charge is 0.307 e. The minimum Gasteiger partial charge on any atom is -0.469 e. The van der Waals surface area contributed by atoms with Gasteiger partial charge >= 0.3 is 5.97 Å². The SMILES string of the molecule is COC(=O)CCNC(=O)Cc1csc(CN)n1. The zero-order valence-corrected chi connectivity index (χ0v) is 10.4. The summed E-state index contributed by atoms with van der Waals surface area (Å²) >= 11 is 1.43. The Bertz CT molecular complexity index is 392. The van der Waals surface area contributed by atoms with Crippen molar-refractivity contribution in [2.45, 2.75) is 19.4 Å². The van der Waals surface area contributed by atoms with Crippen LogP contribution in [-0.4, -0.2) is 30.5 Å². The van der Waals surface area contributed by atoms with E-state index in [1.807, 2.05) is 5.38 Å². The van der Waals surface area contributed by atoms with Crippen LogP contribution in [0, 0.1) is 0 Å². The third-order valence-electron chi connectivity index (χ3n) is 1.99. The molecule has 0 radical (unpaired) electrons. The number of thiazole rings is 1. The lowest BCUT2D eigenvalue weighted by Gasteiger charge is -2.02. The van der Waals surface area contributed by atoms with Gasteiger partial charge in [-0.05, 0) is 0 Å². The third kappa shape index (κ3) is 4.92. The van der Waals surface area contributed by atoms with Crippen molar-refractivity contribution in [2.24, 2.45) is 5.73 Å². The summed E-state index contributed by atoms with van der Waals surface area (Å²) < 4.78 is 4.45. The normalized spacial score (nSPS) is 10.0. The molecule has 0 aromatic carbocycles. The molecule has 0 saturated carbocycles. The van der Waals surface area contributed by atoms with Gasteiger partial charge < -0.3 is 15.8 Å².